The third kappa shape index (κ3) is 7.26. The Morgan fingerprint density at radius 2 is 1.88 bits per heavy atom. The number of nitrogens with zero attached hydrogens (tertiary/aromatic N) is 4. The summed E-state index contributed by atoms with van der Waals surface area (Å²) in [6.45, 7) is 5.70. The number of anilines is 2. The number of carbonyl (C=O) groups is 1. The average Bonchev–Trinajstić information content (AvgIpc) is 2.81. The van der Waals surface area contributed by atoms with E-state index >= 15 is 0 Å². The highest BCUT2D eigenvalue weighted by Crippen LogP contribution is 2.22. The van der Waals surface area contributed by atoms with E-state index in [0.29, 0.717) is 18.0 Å². The number of amides is 1. The van der Waals surface area contributed by atoms with E-state index in [2.05, 4.69) is 30.5 Å². The Labute approximate surface area is 205 Å². The molecule has 33 heavy (non-hydrogen) atoms. The number of rotatable bonds is 7. The molecule has 0 radical (unpaired) electrons. The summed E-state index contributed by atoms with van der Waals surface area (Å²) in [5.74, 6) is 0.419. The number of nitrogen functional groups attached to an aromatic ring is 1. The van der Waals surface area contributed by atoms with Gasteiger partial charge in [-0.2, -0.15) is 0 Å². The lowest BCUT2D eigenvalue weighted by molar-refractivity contribution is 0.102. The van der Waals surface area contributed by atoms with Gasteiger partial charge in [-0.3, -0.25) is 14.7 Å². The molecule has 3 heterocycles. The molecule has 11 heteroatoms. The smallest absolute Gasteiger partial charge is 0.278 e. The van der Waals surface area contributed by atoms with Gasteiger partial charge >= 0.3 is 0 Å². The average molecular weight is 492 g/mol. The highest BCUT2D eigenvalue weighted by atomic mass is 35.5. The quantitative estimate of drug-likeness (QED) is 0.461. The number of hydrogen-bond acceptors (Lipinski definition) is 8. The highest BCUT2D eigenvalue weighted by molar-refractivity contribution is 6.05. The van der Waals surface area contributed by atoms with Gasteiger partial charge in [-0.05, 0) is 36.4 Å². The Hall–Kier alpha value is -2.98. The highest BCUT2D eigenvalue weighted by Gasteiger charge is 2.15. The van der Waals surface area contributed by atoms with Crippen LogP contribution in [-0.4, -0.2) is 65.1 Å². The summed E-state index contributed by atoms with van der Waals surface area (Å²) in [5, 5.41) is 6.07. The molecule has 176 valence electrons. The van der Waals surface area contributed by atoms with E-state index in [1.165, 1.54) is 0 Å². The molecule has 3 aromatic rings. The lowest BCUT2D eigenvalue weighted by Gasteiger charge is -2.26. The van der Waals surface area contributed by atoms with Crippen molar-refractivity contribution in [3.63, 3.8) is 0 Å². The molecule has 4 N–H and O–H groups in total. The van der Waals surface area contributed by atoms with Crippen LogP contribution in [0.15, 0.2) is 55.0 Å². The lowest BCUT2D eigenvalue weighted by atomic mass is 10.1. The fourth-order valence-corrected chi connectivity index (χ4v) is 3.28. The van der Waals surface area contributed by atoms with Crippen molar-refractivity contribution < 1.29 is 9.53 Å². The Balaban J connectivity index is 0.00000193. The molecule has 1 aromatic carbocycles. The number of carbonyl (C=O) groups excluding carboxylic acids is 1. The van der Waals surface area contributed by atoms with Crippen LogP contribution in [0.2, 0.25) is 0 Å². The third-order valence-electron chi connectivity index (χ3n) is 4.97. The fourth-order valence-electron chi connectivity index (χ4n) is 3.28. The molecule has 1 aliphatic heterocycles. The van der Waals surface area contributed by atoms with E-state index < -0.39 is 5.91 Å². The molecule has 1 amide bonds. The summed E-state index contributed by atoms with van der Waals surface area (Å²) in [5.41, 5.74) is 7.88. The summed E-state index contributed by atoms with van der Waals surface area (Å²) in [4.78, 5) is 27.5. The van der Waals surface area contributed by atoms with Crippen LogP contribution in [0.25, 0.3) is 11.3 Å². The third-order valence-corrected chi connectivity index (χ3v) is 4.97. The van der Waals surface area contributed by atoms with Crippen molar-refractivity contribution in [2.24, 2.45) is 0 Å². The SMILES string of the molecule is Cl.Cl.Nc1ncc(-c2ccc(OCCN3CCNCC3)cc2)nc1C(=O)Nc1cccnc1. The second kappa shape index (κ2) is 12.9. The van der Waals surface area contributed by atoms with Crippen molar-refractivity contribution in [3.05, 3.63) is 60.7 Å². The van der Waals surface area contributed by atoms with E-state index in [-0.39, 0.29) is 36.3 Å². The van der Waals surface area contributed by atoms with Gasteiger partial charge in [0, 0.05) is 44.5 Å². The summed E-state index contributed by atoms with van der Waals surface area (Å²) in [7, 11) is 0. The van der Waals surface area contributed by atoms with Crippen LogP contribution in [0.5, 0.6) is 5.75 Å². The summed E-state index contributed by atoms with van der Waals surface area (Å²) < 4.78 is 5.86. The molecular formula is C22H27Cl2N7O2. The second-order valence-electron chi connectivity index (χ2n) is 7.15. The standard InChI is InChI=1S/C22H25N7O2.2ClH/c23-21-20(22(30)27-17-2-1-7-25-14-17)28-19(15-26-21)16-3-5-18(6-4-16)31-13-12-29-10-8-24-9-11-29;;/h1-7,14-15,24H,8-13H2,(H2,23,26)(H,27,30);2*1H. The maximum absolute atomic E-state index is 12.6. The Bertz CT molecular complexity index is 1020. The maximum Gasteiger partial charge on any atom is 0.278 e. The molecule has 0 atom stereocenters. The summed E-state index contributed by atoms with van der Waals surface area (Å²) in [6, 6.07) is 11.0. The van der Waals surface area contributed by atoms with E-state index in [4.69, 9.17) is 10.5 Å². The number of hydrogen-bond donors (Lipinski definition) is 3. The zero-order valence-electron chi connectivity index (χ0n) is 17.9. The van der Waals surface area contributed by atoms with Gasteiger partial charge < -0.3 is 21.1 Å². The van der Waals surface area contributed by atoms with Crippen LogP contribution in [-0.2, 0) is 0 Å². The lowest BCUT2D eigenvalue weighted by Crippen LogP contribution is -2.44. The largest absolute Gasteiger partial charge is 0.492 e. The van der Waals surface area contributed by atoms with Crippen molar-refractivity contribution >= 4 is 42.2 Å². The molecule has 9 nitrogen and oxygen atoms in total. The van der Waals surface area contributed by atoms with Crippen molar-refractivity contribution in [2.45, 2.75) is 0 Å². The Morgan fingerprint density at radius 1 is 1.12 bits per heavy atom. The minimum atomic E-state index is -0.437. The fraction of sp³-hybridized carbons (Fsp3) is 0.273. The molecule has 0 aliphatic carbocycles. The van der Waals surface area contributed by atoms with Crippen LogP contribution in [0.1, 0.15) is 10.5 Å². The number of nitrogens with two attached hydrogens (primary N) is 1. The number of pyridine rings is 1. The molecule has 1 aliphatic rings. The Morgan fingerprint density at radius 3 is 2.58 bits per heavy atom. The Kier molecular flexibility index (Phi) is 10.3. The first-order valence-electron chi connectivity index (χ1n) is 10.2. The number of halogens is 2. The van der Waals surface area contributed by atoms with Gasteiger partial charge in [0.05, 0.1) is 23.8 Å². The first-order valence-corrected chi connectivity index (χ1v) is 10.2. The van der Waals surface area contributed by atoms with E-state index in [0.717, 1.165) is 44.0 Å². The molecule has 1 saturated heterocycles. The molecule has 2 aromatic heterocycles. The predicted octanol–water partition coefficient (Wildman–Crippen LogP) is 2.50. The minimum absolute atomic E-state index is 0. The van der Waals surface area contributed by atoms with Crippen LogP contribution in [0.4, 0.5) is 11.5 Å². The monoisotopic (exact) mass is 491 g/mol. The second-order valence-corrected chi connectivity index (χ2v) is 7.15. The van der Waals surface area contributed by atoms with Gasteiger partial charge in [0.25, 0.3) is 5.91 Å². The van der Waals surface area contributed by atoms with Gasteiger partial charge in [-0.15, -0.1) is 24.8 Å². The van der Waals surface area contributed by atoms with E-state index in [1.807, 2.05) is 24.3 Å². The summed E-state index contributed by atoms with van der Waals surface area (Å²) in [6.07, 6.45) is 4.73. The first-order chi connectivity index (χ1) is 15.2. The van der Waals surface area contributed by atoms with Crippen LogP contribution < -0.4 is 21.1 Å². The van der Waals surface area contributed by atoms with Crippen molar-refractivity contribution in [3.8, 4) is 17.0 Å². The first kappa shape index (κ1) is 26.3. The number of nitrogens with one attached hydrogen (secondary N) is 2. The van der Waals surface area contributed by atoms with Crippen molar-refractivity contribution in [1.29, 1.82) is 0 Å². The molecule has 0 saturated carbocycles. The topological polar surface area (TPSA) is 118 Å². The maximum atomic E-state index is 12.6. The molecule has 1 fully saturated rings. The predicted molar refractivity (Wildman–Crippen MR) is 133 cm³/mol. The van der Waals surface area contributed by atoms with Crippen molar-refractivity contribution in [2.75, 3.05) is 50.4 Å². The molecule has 4 rings (SSSR count). The van der Waals surface area contributed by atoms with Gasteiger partial charge in [-0.25, -0.2) is 9.97 Å². The van der Waals surface area contributed by atoms with Crippen LogP contribution in [0.3, 0.4) is 0 Å². The van der Waals surface area contributed by atoms with Gasteiger partial charge in [0.15, 0.2) is 11.5 Å². The molecule has 0 unspecified atom stereocenters. The van der Waals surface area contributed by atoms with E-state index in [9.17, 15) is 4.79 Å². The molecular weight excluding hydrogens is 465 g/mol. The number of benzene rings is 1. The van der Waals surface area contributed by atoms with E-state index in [1.54, 1.807) is 30.7 Å². The van der Waals surface area contributed by atoms with Gasteiger partial charge in [0.2, 0.25) is 0 Å². The van der Waals surface area contributed by atoms with Gasteiger partial charge in [0.1, 0.15) is 12.4 Å². The zero-order chi connectivity index (χ0) is 21.5. The summed E-state index contributed by atoms with van der Waals surface area (Å²) >= 11 is 0. The molecule has 0 bridgehead atoms. The normalized spacial score (nSPS) is 13.3. The molecule has 0 spiro atoms. The number of ether oxygens (including phenoxy) is 1. The zero-order valence-corrected chi connectivity index (χ0v) is 19.6. The van der Waals surface area contributed by atoms with Crippen molar-refractivity contribution in [1.82, 2.24) is 25.2 Å². The number of aromatic nitrogens is 3. The van der Waals surface area contributed by atoms with Gasteiger partial charge in [-0.1, -0.05) is 0 Å². The minimum Gasteiger partial charge on any atom is -0.492 e. The number of piperazine rings is 1. The van der Waals surface area contributed by atoms with Crippen LogP contribution in [0, 0.1) is 0 Å². The van der Waals surface area contributed by atoms with Crippen LogP contribution >= 0.6 is 24.8 Å².